The van der Waals surface area contributed by atoms with Crippen molar-refractivity contribution in [3.8, 4) is 33.9 Å². The lowest BCUT2D eigenvalue weighted by molar-refractivity contribution is 0.641. The molecule has 246 valence electrons. The molecule has 0 saturated heterocycles. The molecule has 2 aromatic heterocycles. The molecule has 0 amide bonds. The fraction of sp³-hybridized carbons (Fsp3) is 0.174. The highest BCUT2D eigenvalue weighted by atomic mass is 15.0. The van der Waals surface area contributed by atoms with Crippen LogP contribution in [-0.4, -0.2) is 19.9 Å². The van der Waals surface area contributed by atoms with Gasteiger partial charge in [-0.3, -0.25) is 4.98 Å². The van der Waals surface area contributed by atoms with Gasteiger partial charge in [0.25, 0.3) is 0 Å². The van der Waals surface area contributed by atoms with Gasteiger partial charge in [-0.1, -0.05) is 154 Å². The highest BCUT2D eigenvalue weighted by Gasteiger charge is 2.24. The molecule has 0 spiro atoms. The lowest BCUT2D eigenvalue weighted by Gasteiger charge is -2.27. The van der Waals surface area contributed by atoms with Gasteiger partial charge in [0.15, 0.2) is 17.5 Å². The van der Waals surface area contributed by atoms with Gasteiger partial charge in [0.1, 0.15) is 0 Å². The zero-order chi connectivity index (χ0) is 34.5. The number of nitrogens with zero attached hydrogens (tertiary/aromatic N) is 4. The maximum Gasteiger partial charge on any atom is 0.164 e. The summed E-state index contributed by atoms with van der Waals surface area (Å²) in [5, 5.41) is 0. The van der Waals surface area contributed by atoms with Crippen LogP contribution in [0.5, 0.6) is 0 Å². The predicted molar refractivity (Wildman–Crippen MR) is 207 cm³/mol. The van der Waals surface area contributed by atoms with E-state index in [4.69, 9.17) is 19.9 Å². The Labute approximate surface area is 296 Å². The molecule has 50 heavy (non-hydrogen) atoms. The Morgan fingerprint density at radius 3 is 1.86 bits per heavy atom. The summed E-state index contributed by atoms with van der Waals surface area (Å²) in [4.78, 5) is 19.7. The standard InChI is InChI=1S/C46H42N4/c1-5-7-13-32(6-2)43-48-44(37-21-19-34(20-22-37)33-14-9-8-10-15-33)50-45(49-43)38-25-29-40(30-26-38)46(3,4)39-27-23-35(24-28-39)41-18-11-16-36-17-12-31-47-42(36)41/h6-10,12-15,17-31H,5,11,16H2,1-4H3/b13-7-,32-6+. The molecule has 0 unspecified atom stereocenters. The van der Waals surface area contributed by atoms with Gasteiger partial charge in [-0.2, -0.15) is 0 Å². The van der Waals surface area contributed by atoms with Crippen molar-refractivity contribution in [3.63, 3.8) is 0 Å². The Bertz CT molecular complexity index is 2190. The van der Waals surface area contributed by atoms with E-state index in [0.29, 0.717) is 17.5 Å². The Hall–Kier alpha value is -5.74. The van der Waals surface area contributed by atoms with E-state index in [1.165, 1.54) is 33.4 Å². The van der Waals surface area contributed by atoms with Crippen LogP contribution >= 0.6 is 0 Å². The van der Waals surface area contributed by atoms with Gasteiger partial charge in [-0.15, -0.1) is 0 Å². The van der Waals surface area contributed by atoms with Gasteiger partial charge in [-0.05, 0) is 65.6 Å². The zero-order valence-corrected chi connectivity index (χ0v) is 29.3. The topological polar surface area (TPSA) is 51.6 Å². The van der Waals surface area contributed by atoms with Crippen molar-refractivity contribution in [1.82, 2.24) is 19.9 Å². The molecule has 4 nitrogen and oxygen atoms in total. The predicted octanol–water partition coefficient (Wildman–Crippen LogP) is 11.3. The van der Waals surface area contributed by atoms with Gasteiger partial charge >= 0.3 is 0 Å². The quantitative estimate of drug-likeness (QED) is 0.146. The molecule has 1 aliphatic carbocycles. The molecule has 1 aliphatic rings. The van der Waals surface area contributed by atoms with Crippen LogP contribution in [-0.2, 0) is 11.8 Å². The fourth-order valence-corrected chi connectivity index (χ4v) is 6.63. The molecule has 4 aromatic carbocycles. The molecular weight excluding hydrogens is 609 g/mol. The van der Waals surface area contributed by atoms with Crippen molar-refractivity contribution in [2.24, 2.45) is 0 Å². The van der Waals surface area contributed by atoms with E-state index in [2.05, 4.69) is 148 Å². The minimum Gasteiger partial charge on any atom is -0.256 e. The lowest BCUT2D eigenvalue weighted by atomic mass is 9.77. The van der Waals surface area contributed by atoms with Crippen molar-refractivity contribution in [2.45, 2.75) is 52.4 Å². The molecule has 0 aliphatic heterocycles. The maximum atomic E-state index is 5.01. The average molecular weight is 651 g/mol. The van der Waals surface area contributed by atoms with Gasteiger partial charge in [0.05, 0.1) is 5.69 Å². The third-order valence-electron chi connectivity index (χ3n) is 9.68. The van der Waals surface area contributed by atoms with E-state index >= 15 is 0 Å². The first-order valence-electron chi connectivity index (χ1n) is 17.6. The summed E-state index contributed by atoms with van der Waals surface area (Å²) in [6.07, 6.45) is 13.5. The lowest BCUT2D eigenvalue weighted by Crippen LogP contribution is -2.18. The molecule has 0 atom stereocenters. The molecule has 0 radical (unpaired) electrons. The molecule has 6 aromatic rings. The molecular formula is C46H42N4. The molecule has 0 N–H and O–H groups in total. The highest BCUT2D eigenvalue weighted by Crippen LogP contribution is 2.36. The first-order chi connectivity index (χ1) is 24.4. The summed E-state index contributed by atoms with van der Waals surface area (Å²) in [6, 6.07) is 40.8. The number of aryl methyl sites for hydroxylation is 1. The second-order valence-electron chi connectivity index (χ2n) is 13.3. The van der Waals surface area contributed by atoms with Crippen molar-refractivity contribution < 1.29 is 0 Å². The molecule has 2 heterocycles. The molecule has 0 saturated carbocycles. The van der Waals surface area contributed by atoms with Crippen LogP contribution in [0.25, 0.3) is 45.0 Å². The minimum absolute atomic E-state index is 0.201. The van der Waals surface area contributed by atoms with E-state index in [1.807, 2.05) is 25.3 Å². The van der Waals surface area contributed by atoms with Crippen molar-refractivity contribution in [2.75, 3.05) is 0 Å². The Kier molecular flexibility index (Phi) is 9.44. The van der Waals surface area contributed by atoms with Crippen LogP contribution < -0.4 is 0 Å². The van der Waals surface area contributed by atoms with Crippen LogP contribution in [0, 0.1) is 0 Å². The number of rotatable bonds is 9. The largest absolute Gasteiger partial charge is 0.256 e. The van der Waals surface area contributed by atoms with Crippen molar-refractivity contribution >= 4 is 11.1 Å². The first-order valence-corrected chi connectivity index (χ1v) is 17.6. The second-order valence-corrected chi connectivity index (χ2v) is 13.3. The van der Waals surface area contributed by atoms with Crippen molar-refractivity contribution in [3.05, 3.63) is 180 Å². The Morgan fingerprint density at radius 2 is 1.24 bits per heavy atom. The maximum absolute atomic E-state index is 5.01. The molecule has 0 fully saturated rings. The second kappa shape index (κ2) is 14.4. The molecule has 7 rings (SSSR count). The number of benzene rings is 4. The monoisotopic (exact) mass is 650 g/mol. The van der Waals surface area contributed by atoms with E-state index in [-0.39, 0.29) is 5.41 Å². The van der Waals surface area contributed by atoms with Gasteiger partial charge in [0, 0.05) is 33.9 Å². The van der Waals surface area contributed by atoms with Gasteiger partial charge in [-0.25, -0.2) is 15.0 Å². The summed E-state index contributed by atoms with van der Waals surface area (Å²) in [5.41, 5.74) is 12.4. The van der Waals surface area contributed by atoms with Crippen LogP contribution in [0.4, 0.5) is 0 Å². The van der Waals surface area contributed by atoms with E-state index in [0.717, 1.165) is 47.2 Å². The average Bonchev–Trinajstić information content (AvgIpc) is 3.18. The van der Waals surface area contributed by atoms with Gasteiger partial charge in [0.2, 0.25) is 0 Å². The number of aromatic nitrogens is 4. The number of allylic oxidation sites excluding steroid dienone is 5. The number of pyridine rings is 1. The van der Waals surface area contributed by atoms with Crippen LogP contribution in [0.3, 0.4) is 0 Å². The van der Waals surface area contributed by atoms with Crippen molar-refractivity contribution in [1.29, 1.82) is 0 Å². The Morgan fingerprint density at radius 1 is 0.660 bits per heavy atom. The first kappa shape index (κ1) is 32.8. The van der Waals surface area contributed by atoms with E-state index in [1.54, 1.807) is 0 Å². The van der Waals surface area contributed by atoms with Crippen LogP contribution in [0.15, 0.2) is 146 Å². The third kappa shape index (κ3) is 6.75. The fourth-order valence-electron chi connectivity index (χ4n) is 6.63. The minimum atomic E-state index is -0.201. The van der Waals surface area contributed by atoms with E-state index < -0.39 is 0 Å². The highest BCUT2D eigenvalue weighted by molar-refractivity contribution is 5.81. The van der Waals surface area contributed by atoms with E-state index in [9.17, 15) is 0 Å². The SMILES string of the molecule is C/C=C(\C=C/CC)c1nc(-c2ccc(-c3ccccc3)cc2)nc(-c2ccc(C(C)(C)c3ccc(C4=CCCc5cccnc54)cc3)cc2)n1. The smallest absolute Gasteiger partial charge is 0.164 e. The van der Waals surface area contributed by atoms with Crippen LogP contribution in [0.1, 0.15) is 74.3 Å². The Balaban J connectivity index is 1.19. The van der Waals surface area contributed by atoms with Gasteiger partial charge < -0.3 is 0 Å². The summed E-state index contributed by atoms with van der Waals surface area (Å²) >= 11 is 0. The summed E-state index contributed by atoms with van der Waals surface area (Å²) in [5.74, 6) is 1.98. The number of hydrogen-bond acceptors (Lipinski definition) is 4. The number of hydrogen-bond donors (Lipinski definition) is 0. The molecule has 0 bridgehead atoms. The zero-order valence-electron chi connectivity index (χ0n) is 29.3. The van der Waals surface area contributed by atoms with Crippen LogP contribution in [0.2, 0.25) is 0 Å². The normalized spacial score (nSPS) is 13.3. The third-order valence-corrected chi connectivity index (χ3v) is 9.68. The summed E-state index contributed by atoms with van der Waals surface area (Å²) < 4.78 is 0. The molecule has 4 heteroatoms. The summed E-state index contributed by atoms with van der Waals surface area (Å²) in [7, 11) is 0. The number of fused-ring (bicyclic) bond motifs is 1. The summed E-state index contributed by atoms with van der Waals surface area (Å²) in [6.45, 7) is 8.72.